The van der Waals surface area contributed by atoms with E-state index in [-0.39, 0.29) is 17.8 Å². The van der Waals surface area contributed by atoms with Crippen LogP contribution in [0.4, 0.5) is 10.3 Å². The molecule has 32 heavy (non-hydrogen) atoms. The molecule has 1 aromatic heterocycles. The second kappa shape index (κ2) is 9.75. The highest BCUT2D eigenvalue weighted by Crippen LogP contribution is 2.32. The van der Waals surface area contributed by atoms with Crippen molar-refractivity contribution in [1.29, 1.82) is 0 Å². The Labute approximate surface area is 188 Å². The van der Waals surface area contributed by atoms with Crippen LogP contribution in [0, 0.1) is 5.82 Å². The van der Waals surface area contributed by atoms with Gasteiger partial charge >= 0.3 is 5.97 Å². The summed E-state index contributed by atoms with van der Waals surface area (Å²) in [5.74, 6) is -1.10. The number of rotatable bonds is 6. The average molecular weight is 444 g/mol. The van der Waals surface area contributed by atoms with Gasteiger partial charge in [0.05, 0.1) is 24.6 Å². The molecule has 1 fully saturated rings. The van der Waals surface area contributed by atoms with Crippen molar-refractivity contribution in [1.82, 2.24) is 9.97 Å². The number of nitrogens with zero attached hydrogens (tertiary/aromatic N) is 2. The molecular formula is C24H30FN3O4. The molecule has 7 nitrogen and oxygen atoms in total. The lowest BCUT2D eigenvalue weighted by atomic mass is 9.97. The third-order valence-electron chi connectivity index (χ3n) is 5.11. The SMILES string of the molecule is CNc1nc(-c2ccc(F)cc2)c(/C=C/[C@@H]2C[C@H](C(=O)OC)OC(C)(C)O2)c(C(C)C)n1. The largest absolute Gasteiger partial charge is 0.467 e. The lowest BCUT2D eigenvalue weighted by molar-refractivity contribution is -0.288. The molecule has 0 amide bonds. The molecule has 1 aliphatic heterocycles. The van der Waals surface area contributed by atoms with Crippen LogP contribution in [-0.2, 0) is 19.0 Å². The molecule has 2 heterocycles. The van der Waals surface area contributed by atoms with E-state index in [2.05, 4.69) is 29.1 Å². The van der Waals surface area contributed by atoms with Crippen LogP contribution in [0.15, 0.2) is 30.3 Å². The summed E-state index contributed by atoms with van der Waals surface area (Å²) < 4.78 is 30.1. The first-order chi connectivity index (χ1) is 15.1. The van der Waals surface area contributed by atoms with Gasteiger partial charge in [0.15, 0.2) is 11.9 Å². The zero-order valence-corrected chi connectivity index (χ0v) is 19.3. The number of carbonyl (C=O) groups excluding carboxylic acids is 1. The molecule has 0 radical (unpaired) electrons. The van der Waals surface area contributed by atoms with Gasteiger partial charge in [-0.2, -0.15) is 0 Å². The van der Waals surface area contributed by atoms with Gasteiger partial charge in [-0.15, -0.1) is 0 Å². The van der Waals surface area contributed by atoms with E-state index in [1.807, 2.05) is 12.2 Å². The summed E-state index contributed by atoms with van der Waals surface area (Å²) in [4.78, 5) is 21.4. The van der Waals surface area contributed by atoms with E-state index < -0.39 is 17.9 Å². The van der Waals surface area contributed by atoms with Gasteiger partial charge in [-0.3, -0.25) is 0 Å². The Morgan fingerprint density at radius 3 is 2.53 bits per heavy atom. The fourth-order valence-corrected chi connectivity index (χ4v) is 3.67. The number of hydrogen-bond donors (Lipinski definition) is 1. The molecule has 1 saturated heterocycles. The molecule has 2 atom stereocenters. The molecule has 8 heteroatoms. The summed E-state index contributed by atoms with van der Waals surface area (Å²) in [7, 11) is 3.10. The zero-order valence-electron chi connectivity index (χ0n) is 19.3. The first kappa shape index (κ1) is 23.8. The number of halogens is 1. The number of anilines is 1. The highest BCUT2D eigenvalue weighted by molar-refractivity contribution is 5.76. The van der Waals surface area contributed by atoms with Crippen molar-refractivity contribution in [3.63, 3.8) is 0 Å². The van der Waals surface area contributed by atoms with Gasteiger partial charge in [-0.05, 0) is 44.0 Å². The minimum atomic E-state index is -0.945. The zero-order chi connectivity index (χ0) is 23.5. The predicted molar refractivity (Wildman–Crippen MR) is 121 cm³/mol. The lowest BCUT2D eigenvalue weighted by Crippen LogP contribution is -2.47. The highest BCUT2D eigenvalue weighted by atomic mass is 19.1. The number of hydrogen-bond acceptors (Lipinski definition) is 7. The van der Waals surface area contributed by atoms with E-state index >= 15 is 0 Å². The summed E-state index contributed by atoms with van der Waals surface area (Å²) in [6.07, 6.45) is 3.02. The Morgan fingerprint density at radius 1 is 1.25 bits per heavy atom. The summed E-state index contributed by atoms with van der Waals surface area (Å²) in [6, 6.07) is 6.20. The summed E-state index contributed by atoms with van der Waals surface area (Å²) in [6.45, 7) is 7.62. The van der Waals surface area contributed by atoms with Crippen LogP contribution in [0.5, 0.6) is 0 Å². The van der Waals surface area contributed by atoms with Crippen molar-refractivity contribution < 1.29 is 23.4 Å². The van der Waals surface area contributed by atoms with E-state index in [0.29, 0.717) is 18.1 Å². The maximum atomic E-state index is 13.5. The van der Waals surface area contributed by atoms with Crippen LogP contribution >= 0.6 is 0 Å². The molecule has 172 valence electrons. The number of esters is 1. The van der Waals surface area contributed by atoms with E-state index in [1.165, 1.54) is 19.2 Å². The van der Waals surface area contributed by atoms with Gasteiger partial charge in [0, 0.05) is 24.6 Å². The molecule has 0 bridgehead atoms. The first-order valence-electron chi connectivity index (χ1n) is 10.6. The molecule has 1 aromatic carbocycles. The normalized spacial score (nSPS) is 20.5. The van der Waals surface area contributed by atoms with Gasteiger partial charge in [0.25, 0.3) is 0 Å². The predicted octanol–water partition coefficient (Wildman–Crippen LogP) is 4.54. The number of methoxy groups -OCH3 is 1. The fraction of sp³-hybridized carbons (Fsp3) is 0.458. The van der Waals surface area contributed by atoms with Crippen LogP contribution in [0.2, 0.25) is 0 Å². The Hall–Kier alpha value is -2.84. The second-order valence-corrected chi connectivity index (χ2v) is 8.39. The number of benzene rings is 1. The maximum Gasteiger partial charge on any atom is 0.335 e. The second-order valence-electron chi connectivity index (χ2n) is 8.39. The molecule has 1 aliphatic rings. The van der Waals surface area contributed by atoms with Gasteiger partial charge in [0.2, 0.25) is 5.95 Å². The summed E-state index contributed by atoms with van der Waals surface area (Å²) in [5, 5.41) is 3.00. The Kier molecular flexibility index (Phi) is 7.26. The van der Waals surface area contributed by atoms with E-state index in [9.17, 15) is 9.18 Å². The average Bonchev–Trinajstić information content (AvgIpc) is 2.76. The van der Waals surface area contributed by atoms with Crippen LogP contribution in [0.25, 0.3) is 17.3 Å². The van der Waals surface area contributed by atoms with Crippen molar-refractivity contribution in [3.8, 4) is 11.3 Å². The highest BCUT2D eigenvalue weighted by Gasteiger charge is 2.38. The number of nitrogens with one attached hydrogen (secondary N) is 1. The fourth-order valence-electron chi connectivity index (χ4n) is 3.67. The topological polar surface area (TPSA) is 82.6 Å². The minimum Gasteiger partial charge on any atom is -0.467 e. The van der Waals surface area contributed by atoms with Crippen molar-refractivity contribution in [2.45, 2.75) is 58.0 Å². The van der Waals surface area contributed by atoms with Crippen LogP contribution < -0.4 is 5.32 Å². The Balaban J connectivity index is 2.04. The maximum absolute atomic E-state index is 13.5. The van der Waals surface area contributed by atoms with Gasteiger partial charge < -0.3 is 19.5 Å². The molecule has 0 saturated carbocycles. The third-order valence-corrected chi connectivity index (χ3v) is 5.11. The number of aromatic nitrogens is 2. The van der Waals surface area contributed by atoms with Gasteiger partial charge in [-0.25, -0.2) is 19.2 Å². The first-order valence-corrected chi connectivity index (χ1v) is 10.6. The minimum absolute atomic E-state index is 0.110. The van der Waals surface area contributed by atoms with Crippen LogP contribution in [0.3, 0.4) is 0 Å². The van der Waals surface area contributed by atoms with Crippen molar-refractivity contribution in [2.24, 2.45) is 0 Å². The molecule has 3 rings (SSSR count). The van der Waals surface area contributed by atoms with Crippen molar-refractivity contribution in [2.75, 3.05) is 19.5 Å². The third kappa shape index (κ3) is 5.49. The molecule has 0 spiro atoms. The summed E-state index contributed by atoms with van der Waals surface area (Å²) in [5.41, 5.74) is 3.11. The number of ether oxygens (including phenoxy) is 3. The van der Waals surface area contributed by atoms with Gasteiger partial charge in [0.1, 0.15) is 5.82 Å². The van der Waals surface area contributed by atoms with E-state index in [1.54, 1.807) is 33.0 Å². The van der Waals surface area contributed by atoms with E-state index in [4.69, 9.17) is 14.2 Å². The number of carbonyl (C=O) groups is 1. The molecule has 0 aliphatic carbocycles. The molecule has 0 unspecified atom stereocenters. The van der Waals surface area contributed by atoms with Crippen molar-refractivity contribution >= 4 is 18.0 Å². The molecular weight excluding hydrogens is 413 g/mol. The molecule has 1 N–H and O–H groups in total. The Morgan fingerprint density at radius 2 is 1.94 bits per heavy atom. The van der Waals surface area contributed by atoms with E-state index in [0.717, 1.165) is 16.8 Å². The monoisotopic (exact) mass is 443 g/mol. The van der Waals surface area contributed by atoms with Crippen LogP contribution in [0.1, 0.15) is 51.3 Å². The standard InChI is InChI=1S/C24H30FN3O4/c1-14(2)20-18(12-11-17-13-19(22(29)30-6)32-24(3,4)31-17)21(28-23(26-5)27-20)15-7-9-16(25)10-8-15/h7-12,14,17,19H,13H2,1-6H3,(H,26,27,28)/b12-11+/t17-,19-/m1/s1. The van der Waals surface area contributed by atoms with Crippen molar-refractivity contribution in [3.05, 3.63) is 47.4 Å². The van der Waals surface area contributed by atoms with Crippen LogP contribution in [-0.4, -0.2) is 48.1 Å². The molecule has 2 aromatic rings. The summed E-state index contributed by atoms with van der Waals surface area (Å²) >= 11 is 0. The Bertz CT molecular complexity index is 989. The lowest BCUT2D eigenvalue weighted by Gasteiger charge is -2.38. The quantitative estimate of drug-likeness (QED) is 0.656. The van der Waals surface area contributed by atoms with Gasteiger partial charge in [-0.1, -0.05) is 26.0 Å². The smallest absolute Gasteiger partial charge is 0.335 e.